The van der Waals surface area contributed by atoms with Crippen molar-refractivity contribution in [1.29, 1.82) is 0 Å². The number of hydrogen-bond donors (Lipinski definition) is 2. The molecule has 2 aliphatic rings. The first-order valence-electron chi connectivity index (χ1n) is 10.3. The summed E-state index contributed by atoms with van der Waals surface area (Å²) in [7, 11) is 1.53. The summed E-state index contributed by atoms with van der Waals surface area (Å²) in [4.78, 5) is 40.8. The van der Waals surface area contributed by atoms with Gasteiger partial charge in [0.1, 0.15) is 5.75 Å². The van der Waals surface area contributed by atoms with E-state index in [4.69, 9.17) is 14.2 Å². The number of methoxy groups -OCH3 is 1. The Kier molecular flexibility index (Phi) is 7.47. The van der Waals surface area contributed by atoms with E-state index >= 15 is 0 Å². The normalized spacial score (nSPS) is 22.0. The minimum Gasteiger partial charge on any atom is -0.497 e. The largest absolute Gasteiger partial charge is 0.497 e. The van der Waals surface area contributed by atoms with Crippen molar-refractivity contribution in [3.8, 4) is 5.75 Å². The molecule has 10 nitrogen and oxygen atoms in total. The Bertz CT molecular complexity index is 826. The monoisotopic (exact) mass is 434 g/mol. The number of anilines is 2. The van der Waals surface area contributed by atoms with Crippen LogP contribution in [0.25, 0.3) is 0 Å². The molecular formula is C21H30N4O6. The number of carbonyl (C=O) groups is 3. The van der Waals surface area contributed by atoms with Gasteiger partial charge in [-0.15, -0.1) is 0 Å². The minimum absolute atomic E-state index is 0.0818. The van der Waals surface area contributed by atoms with Crippen LogP contribution >= 0.6 is 0 Å². The molecule has 2 fully saturated rings. The van der Waals surface area contributed by atoms with Crippen LogP contribution in [-0.4, -0.2) is 92.8 Å². The molecule has 0 aromatic heterocycles. The lowest BCUT2D eigenvalue weighted by atomic mass is 10.0. The quantitative estimate of drug-likeness (QED) is 0.673. The van der Waals surface area contributed by atoms with Gasteiger partial charge < -0.3 is 29.7 Å². The molecule has 0 radical (unpaired) electrons. The third-order valence-electron chi connectivity index (χ3n) is 5.28. The Labute approximate surface area is 181 Å². The Morgan fingerprint density at radius 2 is 1.84 bits per heavy atom. The molecule has 2 aliphatic heterocycles. The van der Waals surface area contributed by atoms with Crippen LogP contribution in [0.1, 0.15) is 13.8 Å². The van der Waals surface area contributed by atoms with Crippen LogP contribution in [-0.2, 0) is 23.9 Å². The zero-order chi connectivity index (χ0) is 22.4. The number of amides is 3. The van der Waals surface area contributed by atoms with Crippen LogP contribution in [0.2, 0.25) is 0 Å². The number of benzene rings is 1. The minimum atomic E-state index is -1.01. The molecule has 10 heteroatoms. The molecule has 31 heavy (non-hydrogen) atoms. The Morgan fingerprint density at radius 1 is 1.10 bits per heavy atom. The van der Waals surface area contributed by atoms with E-state index in [0.29, 0.717) is 63.1 Å². The molecule has 1 aromatic carbocycles. The predicted molar refractivity (Wildman–Crippen MR) is 114 cm³/mol. The van der Waals surface area contributed by atoms with E-state index in [0.717, 1.165) is 0 Å². The standard InChI is InChI=1S/C21H30N4O6/c1-15(26)22-17-5-4-16(29-3)12-18(17)23-19(27)13-24-6-11-31-21(2,14-24)20(28)25-7-9-30-10-8-25/h4-5,12H,6-11,13-14H2,1-3H3,(H,22,26)(H,23,27). The zero-order valence-electron chi connectivity index (χ0n) is 18.2. The molecule has 0 aliphatic carbocycles. The first kappa shape index (κ1) is 23.0. The van der Waals surface area contributed by atoms with Gasteiger partial charge in [0.15, 0.2) is 5.60 Å². The molecular weight excluding hydrogens is 404 g/mol. The average Bonchev–Trinajstić information content (AvgIpc) is 2.74. The first-order chi connectivity index (χ1) is 14.8. The zero-order valence-corrected chi connectivity index (χ0v) is 18.2. The van der Waals surface area contributed by atoms with Gasteiger partial charge in [-0.25, -0.2) is 0 Å². The lowest BCUT2D eigenvalue weighted by Crippen LogP contribution is -2.61. The second kappa shape index (κ2) is 10.1. The van der Waals surface area contributed by atoms with Gasteiger partial charge in [0, 0.05) is 39.2 Å². The van der Waals surface area contributed by atoms with Crippen LogP contribution in [0.4, 0.5) is 11.4 Å². The van der Waals surface area contributed by atoms with Crippen LogP contribution in [0.3, 0.4) is 0 Å². The van der Waals surface area contributed by atoms with Crippen molar-refractivity contribution >= 4 is 29.1 Å². The SMILES string of the molecule is COc1ccc(NC(C)=O)c(NC(=O)CN2CCOC(C)(C(=O)N3CCOCC3)C2)c1. The van der Waals surface area contributed by atoms with E-state index in [2.05, 4.69) is 10.6 Å². The van der Waals surface area contributed by atoms with E-state index in [1.165, 1.54) is 14.0 Å². The van der Waals surface area contributed by atoms with Gasteiger partial charge in [0.05, 0.1) is 44.8 Å². The van der Waals surface area contributed by atoms with E-state index in [1.54, 1.807) is 30.0 Å². The van der Waals surface area contributed by atoms with Crippen molar-refractivity contribution in [2.24, 2.45) is 0 Å². The molecule has 1 unspecified atom stereocenters. The highest BCUT2D eigenvalue weighted by Crippen LogP contribution is 2.27. The van der Waals surface area contributed by atoms with Gasteiger partial charge in [-0.05, 0) is 19.1 Å². The van der Waals surface area contributed by atoms with Gasteiger partial charge in [-0.3, -0.25) is 19.3 Å². The second-order valence-corrected chi connectivity index (χ2v) is 7.84. The first-order valence-corrected chi connectivity index (χ1v) is 10.3. The Hall–Kier alpha value is -2.69. The smallest absolute Gasteiger partial charge is 0.256 e. The maximum absolute atomic E-state index is 13.0. The van der Waals surface area contributed by atoms with E-state index in [-0.39, 0.29) is 24.3 Å². The summed E-state index contributed by atoms with van der Waals surface area (Å²) in [5.74, 6) is -0.0322. The maximum atomic E-state index is 13.0. The van der Waals surface area contributed by atoms with Crippen LogP contribution in [0.15, 0.2) is 18.2 Å². The molecule has 170 valence electrons. The fourth-order valence-corrected chi connectivity index (χ4v) is 3.76. The van der Waals surface area contributed by atoms with Crippen molar-refractivity contribution in [2.75, 3.05) is 70.3 Å². The Balaban J connectivity index is 1.64. The van der Waals surface area contributed by atoms with Gasteiger partial charge in [0.25, 0.3) is 5.91 Å². The fraction of sp³-hybridized carbons (Fsp3) is 0.571. The van der Waals surface area contributed by atoms with E-state index in [9.17, 15) is 14.4 Å². The molecule has 3 rings (SSSR count). The highest BCUT2D eigenvalue weighted by molar-refractivity contribution is 6.00. The number of hydrogen-bond acceptors (Lipinski definition) is 7. The average molecular weight is 434 g/mol. The van der Waals surface area contributed by atoms with Crippen molar-refractivity contribution in [1.82, 2.24) is 9.80 Å². The molecule has 1 aromatic rings. The number of nitrogens with one attached hydrogen (secondary N) is 2. The van der Waals surface area contributed by atoms with Gasteiger partial charge in [-0.1, -0.05) is 0 Å². The number of carbonyl (C=O) groups excluding carboxylic acids is 3. The summed E-state index contributed by atoms with van der Waals surface area (Å²) >= 11 is 0. The topological polar surface area (TPSA) is 109 Å². The number of nitrogens with zero attached hydrogens (tertiary/aromatic N) is 2. The summed E-state index contributed by atoms with van der Waals surface area (Å²) in [5.41, 5.74) is -0.0800. The molecule has 1 atom stereocenters. The number of rotatable bonds is 6. The lowest BCUT2D eigenvalue weighted by Gasteiger charge is -2.42. The molecule has 2 N–H and O–H groups in total. The molecule has 0 bridgehead atoms. The summed E-state index contributed by atoms with van der Waals surface area (Å²) in [6.45, 7) is 6.59. The third kappa shape index (κ3) is 5.93. The third-order valence-corrected chi connectivity index (χ3v) is 5.28. The van der Waals surface area contributed by atoms with E-state index in [1.807, 2.05) is 4.90 Å². The molecule has 2 saturated heterocycles. The van der Waals surface area contributed by atoms with Gasteiger partial charge in [0.2, 0.25) is 11.8 Å². The van der Waals surface area contributed by atoms with Crippen molar-refractivity contribution in [3.05, 3.63) is 18.2 Å². The second-order valence-electron chi connectivity index (χ2n) is 7.84. The van der Waals surface area contributed by atoms with Crippen molar-refractivity contribution in [3.63, 3.8) is 0 Å². The highest BCUT2D eigenvalue weighted by atomic mass is 16.5. The molecule has 3 amide bonds. The summed E-state index contributed by atoms with van der Waals surface area (Å²) < 4.78 is 16.4. The maximum Gasteiger partial charge on any atom is 0.256 e. The molecule has 0 saturated carbocycles. The van der Waals surface area contributed by atoms with Crippen molar-refractivity contribution in [2.45, 2.75) is 19.4 Å². The van der Waals surface area contributed by atoms with Gasteiger partial charge >= 0.3 is 0 Å². The van der Waals surface area contributed by atoms with Crippen LogP contribution < -0.4 is 15.4 Å². The van der Waals surface area contributed by atoms with Crippen LogP contribution in [0, 0.1) is 0 Å². The van der Waals surface area contributed by atoms with Gasteiger partial charge in [-0.2, -0.15) is 0 Å². The predicted octanol–water partition coefficient (Wildman–Crippen LogP) is 0.542. The van der Waals surface area contributed by atoms with Crippen LogP contribution in [0.5, 0.6) is 5.75 Å². The summed E-state index contributed by atoms with van der Waals surface area (Å²) in [6.07, 6.45) is 0. The lowest BCUT2D eigenvalue weighted by molar-refractivity contribution is -0.171. The summed E-state index contributed by atoms with van der Waals surface area (Å²) in [6, 6.07) is 5.02. The van der Waals surface area contributed by atoms with E-state index < -0.39 is 5.60 Å². The Morgan fingerprint density at radius 3 is 2.52 bits per heavy atom. The highest BCUT2D eigenvalue weighted by Gasteiger charge is 2.42. The number of ether oxygens (including phenoxy) is 3. The summed E-state index contributed by atoms with van der Waals surface area (Å²) in [5, 5.41) is 5.52. The molecule has 2 heterocycles. The number of morpholine rings is 2. The van der Waals surface area contributed by atoms with Crippen molar-refractivity contribution < 1.29 is 28.6 Å². The molecule has 0 spiro atoms. The fourth-order valence-electron chi connectivity index (χ4n) is 3.76.